The van der Waals surface area contributed by atoms with E-state index >= 15 is 0 Å². The molecule has 0 saturated carbocycles. The molecule has 0 spiro atoms. The zero-order chi connectivity index (χ0) is 12.1. The monoisotopic (exact) mass is 293 g/mol. The first kappa shape index (κ1) is 18.0. The molecule has 0 aliphatic rings. The lowest BCUT2D eigenvalue weighted by Crippen LogP contribution is -3.00. The summed E-state index contributed by atoms with van der Waals surface area (Å²) in [6, 6.07) is 0. The van der Waals surface area contributed by atoms with Crippen LogP contribution in [0.3, 0.4) is 0 Å². The Balaban J connectivity index is 0. The molecule has 4 heteroatoms. The van der Waals surface area contributed by atoms with Gasteiger partial charge >= 0.3 is 5.97 Å². The number of carbonyl (C=O) groups excluding carboxylic acids is 1. The number of hydrogen-bond donors (Lipinski definition) is 0. The summed E-state index contributed by atoms with van der Waals surface area (Å²) < 4.78 is 6.01. The van der Waals surface area contributed by atoms with Gasteiger partial charge in [0.2, 0.25) is 6.23 Å². The molecule has 96 valence electrons. The average molecular weight is 294 g/mol. The van der Waals surface area contributed by atoms with Crippen molar-refractivity contribution in [3.8, 4) is 0 Å². The minimum atomic E-state index is -0.301. The minimum absolute atomic E-state index is 0. The normalized spacial score (nSPS) is 12.6. The van der Waals surface area contributed by atoms with Crippen LogP contribution in [0, 0.1) is 0 Å². The van der Waals surface area contributed by atoms with Gasteiger partial charge in [0.05, 0.1) is 20.6 Å². The molecule has 0 rings (SSSR count). The van der Waals surface area contributed by atoms with Crippen LogP contribution in [0.2, 0.25) is 0 Å². The second-order valence-electron chi connectivity index (χ2n) is 4.64. The third kappa shape index (κ3) is 6.28. The Morgan fingerprint density at radius 2 is 1.94 bits per heavy atom. The highest BCUT2D eigenvalue weighted by Gasteiger charge is 2.26. The molecule has 16 heavy (non-hydrogen) atoms. The summed E-state index contributed by atoms with van der Waals surface area (Å²) in [7, 11) is 4.15. The molecule has 0 amide bonds. The van der Waals surface area contributed by atoms with Crippen molar-refractivity contribution in [2.24, 2.45) is 0 Å². The molecule has 1 atom stereocenters. The number of carbonyl (C=O) groups is 1. The first-order valence-corrected chi connectivity index (χ1v) is 5.50. The fourth-order valence-electron chi connectivity index (χ4n) is 1.15. The Labute approximate surface area is 110 Å². The summed E-state index contributed by atoms with van der Waals surface area (Å²) in [5.41, 5.74) is 0.456. The summed E-state index contributed by atoms with van der Waals surface area (Å²) >= 11 is 0. The highest BCUT2D eigenvalue weighted by atomic mass is 79.9. The Kier molecular flexibility index (Phi) is 8.84. The van der Waals surface area contributed by atoms with Crippen LogP contribution in [0.1, 0.15) is 33.6 Å². The van der Waals surface area contributed by atoms with E-state index in [1.54, 1.807) is 6.92 Å². The van der Waals surface area contributed by atoms with E-state index in [4.69, 9.17) is 4.74 Å². The number of ether oxygens (including phenoxy) is 1. The van der Waals surface area contributed by atoms with E-state index in [1.165, 1.54) is 0 Å². The quantitative estimate of drug-likeness (QED) is 0.281. The van der Waals surface area contributed by atoms with Crippen molar-refractivity contribution in [1.82, 2.24) is 0 Å². The van der Waals surface area contributed by atoms with E-state index in [1.807, 2.05) is 6.92 Å². The Hall–Kier alpha value is -0.350. The lowest BCUT2D eigenvalue weighted by Gasteiger charge is -2.35. The van der Waals surface area contributed by atoms with Gasteiger partial charge in [0.1, 0.15) is 0 Å². The molecule has 0 N–H and O–H groups in total. The van der Waals surface area contributed by atoms with Crippen molar-refractivity contribution < 1.29 is 31.0 Å². The van der Waals surface area contributed by atoms with Crippen LogP contribution in [0.4, 0.5) is 0 Å². The largest absolute Gasteiger partial charge is 1.00 e. The zero-order valence-electron chi connectivity index (χ0n) is 11.0. The molecular weight excluding hydrogens is 270 g/mol. The summed E-state index contributed by atoms with van der Waals surface area (Å²) in [5, 5.41) is 0. The Morgan fingerprint density at radius 1 is 1.44 bits per heavy atom. The van der Waals surface area contributed by atoms with Gasteiger partial charge in [-0.15, -0.1) is 0 Å². The first-order valence-electron chi connectivity index (χ1n) is 5.50. The number of rotatable bonds is 6. The number of halogens is 1. The topological polar surface area (TPSA) is 26.3 Å². The zero-order valence-corrected chi connectivity index (χ0v) is 12.6. The van der Waals surface area contributed by atoms with Crippen molar-refractivity contribution in [3.63, 3.8) is 0 Å². The van der Waals surface area contributed by atoms with Gasteiger partial charge in [-0.2, -0.15) is 0 Å². The van der Waals surface area contributed by atoms with Gasteiger partial charge in [-0.05, 0) is 13.3 Å². The van der Waals surface area contributed by atoms with Gasteiger partial charge < -0.3 is 21.7 Å². The Morgan fingerprint density at radius 3 is 2.31 bits per heavy atom. The minimum Gasteiger partial charge on any atom is -1.00 e. The van der Waals surface area contributed by atoms with Gasteiger partial charge in [-0.25, -0.2) is 4.79 Å². The second kappa shape index (κ2) is 7.85. The summed E-state index contributed by atoms with van der Waals surface area (Å²) in [6.07, 6.45) is 2.17. The number of esters is 1. The molecule has 0 saturated heterocycles. The number of hydrogen-bond acceptors (Lipinski definition) is 2. The summed E-state index contributed by atoms with van der Waals surface area (Å²) in [5.74, 6) is -0.301. The van der Waals surface area contributed by atoms with Crippen LogP contribution >= 0.6 is 0 Å². The lowest BCUT2D eigenvalue weighted by molar-refractivity contribution is -0.932. The molecule has 0 heterocycles. The maximum Gasteiger partial charge on any atom is 0.337 e. The van der Waals surface area contributed by atoms with Gasteiger partial charge in [0.15, 0.2) is 0 Å². The highest BCUT2D eigenvalue weighted by Crippen LogP contribution is 2.11. The number of quaternary nitrogens is 1. The highest BCUT2D eigenvalue weighted by molar-refractivity contribution is 5.86. The maximum atomic E-state index is 11.3. The van der Waals surface area contributed by atoms with Crippen LogP contribution in [0.25, 0.3) is 0 Å². The van der Waals surface area contributed by atoms with Crippen LogP contribution in [-0.2, 0) is 9.53 Å². The maximum absolute atomic E-state index is 11.3. The molecular formula is C12H24BrNO2. The van der Waals surface area contributed by atoms with Crippen LogP contribution < -0.4 is 17.0 Å². The van der Waals surface area contributed by atoms with Crippen LogP contribution in [0.5, 0.6) is 0 Å². The molecule has 0 aromatic heterocycles. The molecule has 0 fully saturated rings. The van der Waals surface area contributed by atoms with E-state index in [-0.39, 0.29) is 29.2 Å². The van der Waals surface area contributed by atoms with E-state index in [9.17, 15) is 4.79 Å². The molecule has 0 aliphatic heterocycles. The van der Waals surface area contributed by atoms with Crippen molar-refractivity contribution in [3.05, 3.63) is 12.2 Å². The molecule has 0 aromatic rings. The molecule has 1 unspecified atom stereocenters. The first-order chi connectivity index (χ1) is 6.81. The molecule has 0 aromatic carbocycles. The van der Waals surface area contributed by atoms with E-state index < -0.39 is 0 Å². The van der Waals surface area contributed by atoms with Crippen molar-refractivity contribution in [2.45, 2.75) is 39.8 Å². The SMILES string of the molecule is C=C(C)C(=O)OC(C)[N+](C)(C)CCCC.[Br-]. The van der Waals surface area contributed by atoms with Gasteiger partial charge in [0.25, 0.3) is 0 Å². The fraction of sp³-hybridized carbons (Fsp3) is 0.750. The molecule has 0 bridgehead atoms. The van der Waals surface area contributed by atoms with Crippen LogP contribution in [0.15, 0.2) is 12.2 Å². The van der Waals surface area contributed by atoms with Crippen LogP contribution in [-0.4, -0.2) is 37.3 Å². The third-order valence-corrected chi connectivity index (χ3v) is 2.70. The van der Waals surface area contributed by atoms with Gasteiger partial charge in [0, 0.05) is 12.5 Å². The molecule has 0 radical (unpaired) electrons. The molecule has 0 aliphatic carbocycles. The van der Waals surface area contributed by atoms with E-state index in [0.29, 0.717) is 10.1 Å². The van der Waals surface area contributed by atoms with E-state index in [2.05, 4.69) is 27.6 Å². The standard InChI is InChI=1S/C12H24NO2.BrH/c1-7-8-9-13(5,6)11(4)15-12(14)10(2)3;/h11H,2,7-9H2,1,3-6H3;1H/q+1;/p-1. The van der Waals surface area contributed by atoms with Crippen molar-refractivity contribution >= 4 is 5.97 Å². The van der Waals surface area contributed by atoms with Gasteiger partial charge in [-0.1, -0.05) is 19.9 Å². The molecule has 3 nitrogen and oxygen atoms in total. The second-order valence-corrected chi connectivity index (χ2v) is 4.64. The predicted molar refractivity (Wildman–Crippen MR) is 62.3 cm³/mol. The number of unbranched alkanes of at least 4 members (excludes halogenated alkanes) is 1. The summed E-state index contributed by atoms with van der Waals surface area (Å²) in [4.78, 5) is 11.3. The van der Waals surface area contributed by atoms with Crippen molar-refractivity contribution in [1.29, 1.82) is 0 Å². The average Bonchev–Trinajstić information content (AvgIpc) is 2.14. The Bertz CT molecular complexity index is 239. The van der Waals surface area contributed by atoms with Crippen molar-refractivity contribution in [2.75, 3.05) is 20.6 Å². The third-order valence-electron chi connectivity index (χ3n) is 2.70. The fourth-order valence-corrected chi connectivity index (χ4v) is 1.15. The van der Waals surface area contributed by atoms with E-state index in [0.717, 1.165) is 19.4 Å². The number of nitrogens with zero attached hydrogens (tertiary/aromatic N) is 1. The smallest absolute Gasteiger partial charge is 0.337 e. The predicted octanol–water partition coefficient (Wildman–Crippen LogP) is -0.668. The van der Waals surface area contributed by atoms with Gasteiger partial charge in [-0.3, -0.25) is 4.48 Å². The summed E-state index contributed by atoms with van der Waals surface area (Å²) in [6.45, 7) is 10.3. The lowest BCUT2D eigenvalue weighted by atomic mass is 10.3.